The first-order valence-electron chi connectivity index (χ1n) is 6.48. The van der Waals surface area contributed by atoms with Crippen LogP contribution in [0.3, 0.4) is 0 Å². The summed E-state index contributed by atoms with van der Waals surface area (Å²) >= 11 is 0. The smallest absolute Gasteiger partial charge is 0.261 e. The molecule has 1 N–H and O–H groups in total. The predicted octanol–water partition coefficient (Wildman–Crippen LogP) is 1.56. The molecule has 0 saturated carbocycles. The highest BCUT2D eigenvalue weighted by molar-refractivity contribution is 8.13. The van der Waals surface area contributed by atoms with E-state index in [2.05, 4.69) is 5.32 Å². The van der Waals surface area contributed by atoms with E-state index in [1.165, 1.54) is 18.2 Å². The van der Waals surface area contributed by atoms with E-state index < -0.39 is 19.9 Å². The summed E-state index contributed by atoms with van der Waals surface area (Å²) in [6, 6.07) is 4.18. The molecule has 0 aromatic heterocycles. The molecule has 0 atom stereocenters. The molecule has 1 aromatic carbocycles. The number of amides is 1. The van der Waals surface area contributed by atoms with Crippen molar-refractivity contribution in [2.24, 2.45) is 0 Å². The van der Waals surface area contributed by atoms with Gasteiger partial charge in [0.1, 0.15) is 0 Å². The minimum atomic E-state index is -3.79. The Kier molecular flexibility index (Phi) is 5.06. The lowest BCUT2D eigenvalue weighted by atomic mass is 10.1. The van der Waals surface area contributed by atoms with E-state index in [1.54, 1.807) is 6.92 Å². The first-order chi connectivity index (χ1) is 9.77. The minimum absolute atomic E-state index is 0.0195. The van der Waals surface area contributed by atoms with Gasteiger partial charge in [-0.1, -0.05) is 0 Å². The zero-order chi connectivity index (χ0) is 15.6. The van der Waals surface area contributed by atoms with Gasteiger partial charge in [-0.3, -0.25) is 9.00 Å². The Labute approximate surface area is 130 Å². The largest absolute Gasteiger partial charge is 0.349 e. The Morgan fingerprint density at radius 3 is 2.48 bits per heavy atom. The lowest BCUT2D eigenvalue weighted by Gasteiger charge is -2.23. The van der Waals surface area contributed by atoms with Crippen LogP contribution in [0.1, 0.15) is 28.8 Å². The van der Waals surface area contributed by atoms with Crippen LogP contribution in [0.5, 0.6) is 0 Å². The standard InChI is InChI=1S/C13H16ClNO4S2/c1-9-8-11(21(14,18)19)2-3-12(9)13(16)15-10-4-6-20(17)7-5-10/h2-3,8,10H,4-7H2,1H3,(H,15,16). The number of hydrogen-bond donors (Lipinski definition) is 1. The molecule has 21 heavy (non-hydrogen) atoms. The average molecular weight is 350 g/mol. The van der Waals surface area contributed by atoms with Crippen LogP contribution in [0.4, 0.5) is 0 Å². The van der Waals surface area contributed by atoms with Crippen molar-refractivity contribution in [1.82, 2.24) is 5.32 Å². The first-order valence-corrected chi connectivity index (χ1v) is 10.3. The van der Waals surface area contributed by atoms with Gasteiger partial charge < -0.3 is 5.32 Å². The number of halogens is 1. The molecule has 0 bridgehead atoms. The SMILES string of the molecule is Cc1cc(S(=O)(=O)Cl)ccc1C(=O)NC1CCS(=O)CC1. The van der Waals surface area contributed by atoms with Crippen LogP contribution in [-0.4, -0.2) is 36.1 Å². The van der Waals surface area contributed by atoms with Crippen molar-refractivity contribution in [3.63, 3.8) is 0 Å². The van der Waals surface area contributed by atoms with Gasteiger partial charge in [0, 0.05) is 44.6 Å². The maximum atomic E-state index is 12.2. The van der Waals surface area contributed by atoms with E-state index >= 15 is 0 Å². The van der Waals surface area contributed by atoms with Crippen LogP contribution >= 0.6 is 10.7 Å². The number of hydrogen-bond acceptors (Lipinski definition) is 4. The minimum Gasteiger partial charge on any atom is -0.349 e. The van der Waals surface area contributed by atoms with E-state index in [0.717, 1.165) is 0 Å². The summed E-state index contributed by atoms with van der Waals surface area (Å²) in [7, 11) is 0.710. The van der Waals surface area contributed by atoms with Crippen molar-refractivity contribution in [3.05, 3.63) is 29.3 Å². The highest BCUT2D eigenvalue weighted by atomic mass is 35.7. The fourth-order valence-electron chi connectivity index (χ4n) is 2.24. The highest BCUT2D eigenvalue weighted by Gasteiger charge is 2.21. The monoisotopic (exact) mass is 349 g/mol. The number of carbonyl (C=O) groups is 1. The molecule has 116 valence electrons. The van der Waals surface area contributed by atoms with Gasteiger partial charge in [-0.25, -0.2) is 8.42 Å². The van der Waals surface area contributed by atoms with E-state index in [-0.39, 0.29) is 16.8 Å². The van der Waals surface area contributed by atoms with Crippen molar-refractivity contribution in [1.29, 1.82) is 0 Å². The normalized spacial score (nSPS) is 22.8. The van der Waals surface area contributed by atoms with Gasteiger partial charge in [0.2, 0.25) is 0 Å². The van der Waals surface area contributed by atoms with Crippen LogP contribution in [0.15, 0.2) is 23.1 Å². The summed E-state index contributed by atoms with van der Waals surface area (Å²) in [5.41, 5.74) is 0.972. The molecule has 0 radical (unpaired) electrons. The van der Waals surface area contributed by atoms with Crippen LogP contribution in [0, 0.1) is 6.92 Å². The molecule has 0 aliphatic carbocycles. The third kappa shape index (κ3) is 4.28. The molecular weight excluding hydrogens is 334 g/mol. The number of carbonyl (C=O) groups excluding carboxylic acids is 1. The second-order valence-electron chi connectivity index (χ2n) is 5.01. The Morgan fingerprint density at radius 1 is 1.33 bits per heavy atom. The lowest BCUT2D eigenvalue weighted by molar-refractivity contribution is 0.0934. The predicted molar refractivity (Wildman–Crippen MR) is 82.6 cm³/mol. The zero-order valence-electron chi connectivity index (χ0n) is 11.5. The molecule has 5 nitrogen and oxygen atoms in total. The third-order valence-corrected chi connectivity index (χ3v) is 6.18. The number of nitrogens with one attached hydrogen (secondary N) is 1. The molecule has 0 spiro atoms. The maximum absolute atomic E-state index is 12.2. The van der Waals surface area contributed by atoms with Crippen LogP contribution in [0.25, 0.3) is 0 Å². The van der Waals surface area contributed by atoms with Crippen molar-refractivity contribution in [2.45, 2.75) is 30.7 Å². The number of rotatable bonds is 3. The van der Waals surface area contributed by atoms with E-state index in [9.17, 15) is 17.4 Å². The second-order valence-corrected chi connectivity index (χ2v) is 9.27. The summed E-state index contributed by atoms with van der Waals surface area (Å²) in [6.45, 7) is 1.66. The fraction of sp³-hybridized carbons (Fsp3) is 0.462. The molecule has 2 rings (SSSR count). The summed E-state index contributed by atoms with van der Waals surface area (Å²) in [4.78, 5) is 12.2. The highest BCUT2D eigenvalue weighted by Crippen LogP contribution is 2.19. The molecule has 1 amide bonds. The average Bonchev–Trinajstić information content (AvgIpc) is 2.40. The lowest BCUT2D eigenvalue weighted by Crippen LogP contribution is -2.39. The topological polar surface area (TPSA) is 80.3 Å². The summed E-state index contributed by atoms with van der Waals surface area (Å²) in [5, 5.41) is 2.90. The molecule has 1 aliphatic rings. The van der Waals surface area contributed by atoms with Crippen LogP contribution in [0.2, 0.25) is 0 Å². The molecular formula is C13H16ClNO4S2. The van der Waals surface area contributed by atoms with Crippen LogP contribution in [-0.2, 0) is 19.9 Å². The van der Waals surface area contributed by atoms with Gasteiger partial charge in [0.15, 0.2) is 0 Å². The molecule has 1 saturated heterocycles. The van der Waals surface area contributed by atoms with E-state index in [1.807, 2.05) is 0 Å². The zero-order valence-corrected chi connectivity index (χ0v) is 13.9. The van der Waals surface area contributed by atoms with Crippen molar-refractivity contribution >= 4 is 36.4 Å². The first kappa shape index (κ1) is 16.5. The maximum Gasteiger partial charge on any atom is 0.261 e. The number of aryl methyl sites for hydroxylation is 1. The quantitative estimate of drug-likeness (QED) is 0.840. The Bertz CT molecular complexity index is 677. The molecule has 1 heterocycles. The van der Waals surface area contributed by atoms with Gasteiger partial charge in [0.25, 0.3) is 15.0 Å². The summed E-state index contributed by atoms with van der Waals surface area (Å²) < 4.78 is 33.8. The van der Waals surface area contributed by atoms with E-state index in [4.69, 9.17) is 10.7 Å². The van der Waals surface area contributed by atoms with Crippen molar-refractivity contribution in [2.75, 3.05) is 11.5 Å². The summed E-state index contributed by atoms with van der Waals surface area (Å²) in [5.74, 6) is 0.962. The third-order valence-electron chi connectivity index (χ3n) is 3.45. The summed E-state index contributed by atoms with van der Waals surface area (Å²) in [6.07, 6.45) is 1.40. The molecule has 1 aromatic rings. The van der Waals surface area contributed by atoms with Gasteiger partial charge >= 0.3 is 0 Å². The second kappa shape index (κ2) is 6.46. The Hall–Kier alpha value is -0.920. The van der Waals surface area contributed by atoms with Gasteiger partial charge in [-0.05, 0) is 43.5 Å². The molecule has 1 fully saturated rings. The Balaban J connectivity index is 2.11. The molecule has 1 aliphatic heterocycles. The van der Waals surface area contributed by atoms with Crippen LogP contribution < -0.4 is 5.32 Å². The molecule has 0 unspecified atom stereocenters. The molecule has 8 heteroatoms. The van der Waals surface area contributed by atoms with Crippen molar-refractivity contribution in [3.8, 4) is 0 Å². The van der Waals surface area contributed by atoms with Gasteiger partial charge in [-0.2, -0.15) is 0 Å². The van der Waals surface area contributed by atoms with Gasteiger partial charge in [-0.15, -0.1) is 0 Å². The van der Waals surface area contributed by atoms with Crippen molar-refractivity contribution < 1.29 is 17.4 Å². The van der Waals surface area contributed by atoms with Gasteiger partial charge in [0.05, 0.1) is 4.90 Å². The van der Waals surface area contributed by atoms with E-state index in [0.29, 0.717) is 35.5 Å². The fourth-order valence-corrected chi connectivity index (χ4v) is 4.38. The Morgan fingerprint density at radius 2 is 1.95 bits per heavy atom. The number of benzene rings is 1.